The highest BCUT2D eigenvalue weighted by molar-refractivity contribution is 6.12. The van der Waals surface area contributed by atoms with Crippen molar-refractivity contribution in [2.24, 2.45) is 42.1 Å². The number of ketones is 2. The highest BCUT2D eigenvalue weighted by Gasteiger charge is 2.35. The number of benzene rings is 2. The first-order valence-corrected chi connectivity index (χ1v) is 16.8. The van der Waals surface area contributed by atoms with Gasteiger partial charge in [-0.15, -0.1) is 0 Å². The highest BCUT2D eigenvalue weighted by atomic mass is 19.1. The maximum Gasteiger partial charge on any atom is 0.186 e. The van der Waals surface area contributed by atoms with Crippen LogP contribution in [0.2, 0.25) is 0 Å². The van der Waals surface area contributed by atoms with Crippen molar-refractivity contribution in [3.05, 3.63) is 118 Å². The smallest absolute Gasteiger partial charge is 0.186 e. The van der Waals surface area contributed by atoms with Gasteiger partial charge in [0, 0.05) is 45.6 Å². The van der Waals surface area contributed by atoms with Crippen LogP contribution in [0.15, 0.2) is 127 Å². The Kier molecular flexibility index (Phi) is 10.6. The van der Waals surface area contributed by atoms with Crippen LogP contribution in [0.5, 0.6) is 0 Å². The molecule has 6 nitrogen and oxygen atoms in total. The van der Waals surface area contributed by atoms with Crippen LogP contribution in [-0.4, -0.2) is 11.6 Å². The van der Waals surface area contributed by atoms with Crippen LogP contribution < -0.4 is 0 Å². The monoisotopic (exact) mass is 678 g/mol. The molecule has 262 valence electrons. The van der Waals surface area contributed by atoms with Gasteiger partial charge in [-0.25, -0.2) is 8.78 Å². The molecule has 0 fully saturated rings. The first-order valence-electron chi connectivity index (χ1n) is 16.8. The summed E-state index contributed by atoms with van der Waals surface area (Å²) < 4.78 is 30.5. The van der Waals surface area contributed by atoms with Gasteiger partial charge in [0.05, 0.1) is 23.8 Å². The lowest BCUT2D eigenvalue weighted by Crippen LogP contribution is -2.27. The molecule has 0 aliphatic heterocycles. The molecule has 2 aliphatic carbocycles. The van der Waals surface area contributed by atoms with E-state index in [0.29, 0.717) is 22.3 Å². The van der Waals surface area contributed by atoms with E-state index in [1.165, 1.54) is 24.3 Å². The zero-order chi connectivity index (χ0) is 37.4. The third kappa shape index (κ3) is 8.89. The van der Waals surface area contributed by atoms with Gasteiger partial charge in [0.2, 0.25) is 0 Å². The largest absolute Gasteiger partial charge is 0.289 e. The second-order valence-electron chi connectivity index (χ2n) is 16.9. The number of carbonyl (C=O) groups is 2. The van der Waals surface area contributed by atoms with Crippen molar-refractivity contribution >= 4 is 22.9 Å². The minimum Gasteiger partial charge on any atom is -0.289 e. The fourth-order valence-corrected chi connectivity index (χ4v) is 5.57. The molecular formula is C42H48F2N4O2. The lowest BCUT2D eigenvalue weighted by Gasteiger charge is -2.31. The van der Waals surface area contributed by atoms with E-state index in [2.05, 4.69) is 20.5 Å². The Morgan fingerprint density at radius 1 is 0.480 bits per heavy atom. The predicted octanol–water partition coefficient (Wildman–Crippen LogP) is 12.6. The Bertz CT molecular complexity index is 1760. The summed E-state index contributed by atoms with van der Waals surface area (Å²) >= 11 is 0. The van der Waals surface area contributed by atoms with Crippen molar-refractivity contribution in [3.8, 4) is 11.1 Å². The number of carbonyl (C=O) groups excluding carboxylic acids is 2. The molecular weight excluding hydrogens is 630 g/mol. The van der Waals surface area contributed by atoms with Crippen molar-refractivity contribution in [1.29, 1.82) is 0 Å². The Morgan fingerprint density at radius 2 is 0.760 bits per heavy atom. The van der Waals surface area contributed by atoms with E-state index < -0.39 is 11.6 Å². The summed E-state index contributed by atoms with van der Waals surface area (Å²) in [4.78, 5) is 26.3. The lowest BCUT2D eigenvalue weighted by molar-refractivity contribution is -0.114. The zero-order valence-electron chi connectivity index (χ0n) is 31.3. The van der Waals surface area contributed by atoms with Crippen LogP contribution in [-0.2, 0) is 9.59 Å². The van der Waals surface area contributed by atoms with Gasteiger partial charge in [-0.1, -0.05) is 83.1 Å². The lowest BCUT2D eigenvalue weighted by atomic mass is 9.72. The quantitative estimate of drug-likeness (QED) is 0.295. The fourth-order valence-electron chi connectivity index (χ4n) is 5.57. The van der Waals surface area contributed by atoms with Gasteiger partial charge in [-0.2, -0.15) is 20.5 Å². The molecule has 0 heterocycles. The van der Waals surface area contributed by atoms with E-state index in [4.69, 9.17) is 0 Å². The van der Waals surface area contributed by atoms with Gasteiger partial charge in [0.1, 0.15) is 11.6 Å². The molecule has 8 heteroatoms. The van der Waals surface area contributed by atoms with Crippen molar-refractivity contribution in [2.45, 2.75) is 83.1 Å². The first kappa shape index (κ1) is 38.1. The van der Waals surface area contributed by atoms with Gasteiger partial charge < -0.3 is 0 Å². The number of hydrogen-bond donors (Lipinski definition) is 0. The van der Waals surface area contributed by atoms with Gasteiger partial charge in [0.15, 0.2) is 11.6 Å². The molecule has 0 N–H and O–H groups in total. The van der Waals surface area contributed by atoms with Gasteiger partial charge >= 0.3 is 0 Å². The highest BCUT2D eigenvalue weighted by Crippen LogP contribution is 2.40. The maximum absolute atomic E-state index is 15.2. The third-order valence-electron chi connectivity index (χ3n) is 8.41. The molecule has 0 bridgehead atoms. The van der Waals surface area contributed by atoms with Crippen LogP contribution in [0.3, 0.4) is 0 Å². The number of nitrogens with zero attached hydrogens (tertiary/aromatic N) is 4. The molecule has 4 rings (SSSR count). The third-order valence-corrected chi connectivity index (χ3v) is 8.41. The number of azo groups is 2. The number of rotatable bonds is 5. The molecule has 0 saturated heterocycles. The number of allylic oxidation sites excluding steroid dienone is 10. The summed E-state index contributed by atoms with van der Waals surface area (Å²) in [5.41, 5.74) is 3.42. The van der Waals surface area contributed by atoms with E-state index in [1.54, 1.807) is 24.5 Å². The maximum atomic E-state index is 15.2. The molecule has 0 amide bonds. The van der Waals surface area contributed by atoms with E-state index in [0.717, 1.165) is 11.1 Å². The number of Topliss-reactive ketones (excluding diaryl/α,β-unsaturated/α-hetero) is 2. The number of hydrogen-bond acceptors (Lipinski definition) is 6. The van der Waals surface area contributed by atoms with E-state index in [1.807, 2.05) is 107 Å². The minimum atomic E-state index is -0.657. The van der Waals surface area contributed by atoms with Crippen LogP contribution in [0.25, 0.3) is 11.1 Å². The Balaban J connectivity index is 1.55. The van der Waals surface area contributed by atoms with E-state index in [-0.39, 0.29) is 55.7 Å². The second kappa shape index (κ2) is 13.9. The van der Waals surface area contributed by atoms with E-state index >= 15 is 8.78 Å². The van der Waals surface area contributed by atoms with Gasteiger partial charge in [0.25, 0.3) is 0 Å². The number of halogens is 2. The molecule has 0 unspecified atom stereocenters. The average Bonchev–Trinajstić information content (AvgIpc) is 2.97. The topological polar surface area (TPSA) is 83.6 Å². The molecule has 0 radical (unpaired) electrons. The Labute approximate surface area is 295 Å². The van der Waals surface area contributed by atoms with Crippen LogP contribution >= 0.6 is 0 Å². The van der Waals surface area contributed by atoms with Crippen molar-refractivity contribution in [3.63, 3.8) is 0 Å². The van der Waals surface area contributed by atoms with Crippen molar-refractivity contribution in [2.75, 3.05) is 0 Å². The summed E-state index contributed by atoms with van der Waals surface area (Å²) in [6.45, 7) is 23.9. The first-order chi connectivity index (χ1) is 23.0. The molecule has 0 saturated carbocycles. The molecule has 2 aromatic carbocycles. The molecule has 2 aliphatic rings. The Morgan fingerprint density at radius 3 is 1.00 bits per heavy atom. The van der Waals surface area contributed by atoms with Crippen LogP contribution in [0.4, 0.5) is 20.2 Å². The molecule has 2 aromatic rings. The predicted molar refractivity (Wildman–Crippen MR) is 197 cm³/mol. The Hall–Kier alpha value is -4.72. The van der Waals surface area contributed by atoms with Gasteiger partial charge in [-0.05, 0) is 81.4 Å². The summed E-state index contributed by atoms with van der Waals surface area (Å²) in [5.74, 6) is -1.27. The summed E-state index contributed by atoms with van der Waals surface area (Å²) in [5, 5.41) is 16.6. The van der Waals surface area contributed by atoms with E-state index in [9.17, 15) is 9.59 Å². The fraction of sp³-hybridized carbons (Fsp3) is 0.381. The SMILES string of the molecule is CC(C)(C)C1=CC(=CN=Nc2ccc(-c3ccc(N=NC=C4C=C(C(C)(C)C)C(=O)C(C(C)(C)C)=C4)cc3F)c(F)c2)C=C(C(C)(C)C)C1=O. The average molecular weight is 679 g/mol. The standard InChI is InChI=1S/C42H48F2N4O2/c1-39(2,3)31-17-25(18-32(37(31)49)40(4,5)6)23-45-47-27-13-15-29(35(43)21-27)30-16-14-28(22-36(30)44)48-46-24-26-19-33(41(7,8)9)38(50)34(20-26)42(10,11)12/h13-24H,1-12H3. The minimum absolute atomic E-state index is 0.0230. The summed E-state index contributed by atoms with van der Waals surface area (Å²) in [6, 6.07) is 8.42. The van der Waals surface area contributed by atoms with Gasteiger partial charge in [-0.3, -0.25) is 9.59 Å². The molecule has 0 atom stereocenters. The molecule has 0 spiro atoms. The zero-order valence-corrected chi connectivity index (χ0v) is 31.3. The second-order valence-corrected chi connectivity index (χ2v) is 16.9. The normalized spacial score (nSPS) is 16.5. The van der Waals surface area contributed by atoms with Crippen LogP contribution in [0, 0.1) is 33.3 Å². The molecule has 0 aromatic heterocycles. The van der Waals surface area contributed by atoms with Crippen molar-refractivity contribution < 1.29 is 18.4 Å². The molecule has 50 heavy (non-hydrogen) atoms. The van der Waals surface area contributed by atoms with Crippen LogP contribution in [0.1, 0.15) is 83.1 Å². The summed E-state index contributed by atoms with van der Waals surface area (Å²) in [6.07, 6.45) is 10.4. The summed E-state index contributed by atoms with van der Waals surface area (Å²) in [7, 11) is 0. The van der Waals surface area contributed by atoms with Crippen molar-refractivity contribution in [1.82, 2.24) is 0 Å².